The average molecular weight is 335 g/mol. The number of likely N-dealkylation sites (N-methyl/N-ethyl adjacent to an activating group) is 1. The number of carbonyl (C=O) groups is 2. The normalized spacial score (nSPS) is 16.9. The third kappa shape index (κ3) is 3.02. The maximum Gasteiger partial charge on any atom is 0.372 e. The van der Waals surface area contributed by atoms with Gasteiger partial charge in [-0.3, -0.25) is 4.79 Å². The Hall–Kier alpha value is -2.12. The highest BCUT2D eigenvalue weighted by atomic mass is 32.1. The summed E-state index contributed by atoms with van der Waals surface area (Å²) in [6.07, 6.45) is 0.745. The predicted molar refractivity (Wildman–Crippen MR) is 84.1 cm³/mol. The molecular weight excluding hydrogens is 318 g/mol. The van der Waals surface area contributed by atoms with Crippen molar-refractivity contribution in [2.45, 2.75) is 19.4 Å². The van der Waals surface area contributed by atoms with E-state index in [1.54, 1.807) is 25.3 Å². The van der Waals surface area contributed by atoms with Crippen LogP contribution in [-0.2, 0) is 11.2 Å². The van der Waals surface area contributed by atoms with Crippen LogP contribution in [-0.4, -0.2) is 42.1 Å². The molecule has 2 aromatic heterocycles. The molecule has 6 nitrogen and oxygen atoms in total. The third-order valence-electron chi connectivity index (χ3n) is 3.88. The SMILES string of the molecule is Cc1cc(C(=O)N(C)CC2OCCc3sccc32)oc1C(=O)O. The largest absolute Gasteiger partial charge is 0.475 e. The van der Waals surface area contributed by atoms with Crippen molar-refractivity contribution in [3.8, 4) is 0 Å². The van der Waals surface area contributed by atoms with Gasteiger partial charge in [0.2, 0.25) is 5.76 Å². The summed E-state index contributed by atoms with van der Waals surface area (Å²) in [6, 6.07) is 3.49. The van der Waals surface area contributed by atoms with Crippen LogP contribution in [0.2, 0.25) is 0 Å². The smallest absolute Gasteiger partial charge is 0.372 e. The molecule has 1 amide bonds. The summed E-state index contributed by atoms with van der Waals surface area (Å²) >= 11 is 1.70. The molecule has 1 atom stereocenters. The fourth-order valence-corrected chi connectivity index (χ4v) is 3.61. The number of hydrogen-bond acceptors (Lipinski definition) is 5. The van der Waals surface area contributed by atoms with E-state index in [4.69, 9.17) is 14.3 Å². The van der Waals surface area contributed by atoms with Crippen LogP contribution in [0.4, 0.5) is 0 Å². The van der Waals surface area contributed by atoms with Gasteiger partial charge in [-0.05, 0) is 30.0 Å². The van der Waals surface area contributed by atoms with Gasteiger partial charge in [0.25, 0.3) is 5.91 Å². The fourth-order valence-electron chi connectivity index (χ4n) is 2.69. The minimum atomic E-state index is -1.18. The standard InChI is InChI=1S/C16H17NO5S/c1-9-7-11(22-14(9)16(19)20)15(18)17(2)8-12-10-4-6-23-13(10)3-5-21-12/h4,6-7,12H,3,5,8H2,1-2H3,(H,19,20). The summed E-state index contributed by atoms with van der Waals surface area (Å²) < 4.78 is 10.9. The molecule has 3 heterocycles. The summed E-state index contributed by atoms with van der Waals surface area (Å²) in [7, 11) is 1.66. The number of nitrogens with zero attached hydrogens (tertiary/aromatic N) is 1. The molecule has 1 aliphatic rings. The van der Waals surface area contributed by atoms with Gasteiger partial charge >= 0.3 is 5.97 Å². The van der Waals surface area contributed by atoms with Crippen LogP contribution in [0.3, 0.4) is 0 Å². The number of carboxylic acids is 1. The Kier molecular flexibility index (Phi) is 4.23. The Bertz CT molecular complexity index is 747. The number of carbonyl (C=O) groups excluding carboxylic acids is 1. The van der Waals surface area contributed by atoms with Gasteiger partial charge in [-0.15, -0.1) is 11.3 Å². The zero-order valence-corrected chi connectivity index (χ0v) is 13.7. The van der Waals surface area contributed by atoms with Gasteiger partial charge in [-0.2, -0.15) is 0 Å². The topological polar surface area (TPSA) is 80.0 Å². The second-order valence-corrected chi connectivity index (χ2v) is 6.52. The van der Waals surface area contributed by atoms with Crippen molar-refractivity contribution in [1.82, 2.24) is 4.90 Å². The van der Waals surface area contributed by atoms with Gasteiger partial charge in [0, 0.05) is 23.9 Å². The number of furan rings is 1. The average Bonchev–Trinajstić information content (AvgIpc) is 3.13. The maximum atomic E-state index is 12.4. The van der Waals surface area contributed by atoms with Crippen molar-refractivity contribution in [1.29, 1.82) is 0 Å². The number of thiophene rings is 1. The Balaban J connectivity index is 1.74. The first-order valence-electron chi connectivity index (χ1n) is 7.24. The first-order chi connectivity index (χ1) is 11.0. The highest BCUT2D eigenvalue weighted by molar-refractivity contribution is 7.10. The van der Waals surface area contributed by atoms with E-state index < -0.39 is 5.97 Å². The molecule has 0 aliphatic carbocycles. The molecule has 1 aliphatic heterocycles. The number of amides is 1. The van der Waals surface area contributed by atoms with Gasteiger partial charge in [0.1, 0.15) is 6.10 Å². The van der Waals surface area contributed by atoms with Gasteiger partial charge < -0.3 is 19.2 Å². The molecule has 23 heavy (non-hydrogen) atoms. The van der Waals surface area contributed by atoms with Gasteiger partial charge in [-0.25, -0.2) is 4.79 Å². The van der Waals surface area contributed by atoms with E-state index in [1.807, 2.05) is 11.4 Å². The fraction of sp³-hybridized carbons (Fsp3) is 0.375. The molecule has 1 unspecified atom stereocenters. The summed E-state index contributed by atoms with van der Waals surface area (Å²) in [6.45, 7) is 2.64. The Morgan fingerprint density at radius 1 is 1.48 bits per heavy atom. The summed E-state index contributed by atoms with van der Waals surface area (Å²) in [5.74, 6) is -1.70. The molecular formula is C16H17NO5S. The van der Waals surface area contributed by atoms with Crippen LogP contribution in [0.1, 0.15) is 43.2 Å². The molecule has 0 aromatic carbocycles. The van der Waals surface area contributed by atoms with E-state index in [2.05, 4.69) is 0 Å². The summed E-state index contributed by atoms with van der Waals surface area (Å²) in [5.41, 5.74) is 1.56. The molecule has 122 valence electrons. The quantitative estimate of drug-likeness (QED) is 0.929. The van der Waals surface area contributed by atoms with Crippen LogP contribution in [0, 0.1) is 6.92 Å². The minimum absolute atomic E-state index is 0.0313. The molecule has 0 bridgehead atoms. The second kappa shape index (κ2) is 6.17. The van der Waals surface area contributed by atoms with Gasteiger partial charge in [0.15, 0.2) is 5.76 Å². The van der Waals surface area contributed by atoms with E-state index in [0.717, 1.165) is 12.0 Å². The zero-order chi connectivity index (χ0) is 16.6. The monoisotopic (exact) mass is 335 g/mol. The van der Waals surface area contributed by atoms with Crippen molar-refractivity contribution >= 4 is 23.2 Å². The number of aryl methyl sites for hydroxylation is 1. The first kappa shape index (κ1) is 15.8. The number of aromatic carboxylic acids is 1. The Labute approximate surface area is 137 Å². The van der Waals surface area contributed by atoms with E-state index in [1.165, 1.54) is 15.8 Å². The van der Waals surface area contributed by atoms with Crippen LogP contribution < -0.4 is 0 Å². The van der Waals surface area contributed by atoms with E-state index in [0.29, 0.717) is 18.7 Å². The lowest BCUT2D eigenvalue weighted by atomic mass is 10.1. The van der Waals surface area contributed by atoms with Crippen molar-refractivity contribution in [2.24, 2.45) is 0 Å². The van der Waals surface area contributed by atoms with Crippen molar-refractivity contribution < 1.29 is 23.8 Å². The molecule has 2 aromatic rings. The maximum absolute atomic E-state index is 12.4. The second-order valence-electron chi connectivity index (χ2n) is 5.52. The molecule has 0 spiro atoms. The predicted octanol–water partition coefficient (Wildman–Crippen LogP) is 2.73. The van der Waals surface area contributed by atoms with Crippen molar-refractivity contribution in [3.05, 3.63) is 45.0 Å². The lowest BCUT2D eigenvalue weighted by Gasteiger charge is -2.27. The van der Waals surface area contributed by atoms with Gasteiger partial charge in [0.05, 0.1) is 13.2 Å². The number of carboxylic acid groups (broad SMARTS) is 1. The highest BCUT2D eigenvalue weighted by Gasteiger charge is 2.27. The van der Waals surface area contributed by atoms with Crippen molar-refractivity contribution in [2.75, 3.05) is 20.2 Å². The number of hydrogen-bond donors (Lipinski definition) is 1. The number of rotatable bonds is 4. The Morgan fingerprint density at radius 2 is 2.26 bits per heavy atom. The molecule has 1 N–H and O–H groups in total. The molecule has 0 saturated heterocycles. The lowest BCUT2D eigenvalue weighted by molar-refractivity contribution is 0.0200. The molecule has 0 fully saturated rings. The summed E-state index contributed by atoms with van der Waals surface area (Å²) in [5, 5.41) is 11.0. The molecule has 7 heteroatoms. The Morgan fingerprint density at radius 3 is 2.96 bits per heavy atom. The van der Waals surface area contributed by atoms with E-state index in [-0.39, 0.29) is 23.5 Å². The highest BCUT2D eigenvalue weighted by Crippen LogP contribution is 2.31. The number of ether oxygens (including phenoxy) is 1. The molecule has 3 rings (SSSR count). The van der Waals surface area contributed by atoms with E-state index in [9.17, 15) is 9.59 Å². The van der Waals surface area contributed by atoms with Crippen LogP contribution in [0.25, 0.3) is 0 Å². The lowest BCUT2D eigenvalue weighted by Crippen LogP contribution is -2.33. The van der Waals surface area contributed by atoms with Crippen LogP contribution in [0.5, 0.6) is 0 Å². The molecule has 0 saturated carbocycles. The van der Waals surface area contributed by atoms with Crippen LogP contribution >= 0.6 is 11.3 Å². The number of fused-ring (bicyclic) bond motifs is 1. The minimum Gasteiger partial charge on any atom is -0.475 e. The third-order valence-corrected chi connectivity index (χ3v) is 4.88. The van der Waals surface area contributed by atoms with Crippen LogP contribution in [0.15, 0.2) is 21.9 Å². The van der Waals surface area contributed by atoms with Crippen molar-refractivity contribution in [3.63, 3.8) is 0 Å². The van der Waals surface area contributed by atoms with Gasteiger partial charge in [-0.1, -0.05) is 0 Å². The van der Waals surface area contributed by atoms with E-state index >= 15 is 0 Å². The zero-order valence-electron chi connectivity index (χ0n) is 12.9. The first-order valence-corrected chi connectivity index (χ1v) is 8.12. The molecule has 0 radical (unpaired) electrons. The summed E-state index contributed by atoms with van der Waals surface area (Å²) in [4.78, 5) is 26.3.